The van der Waals surface area contributed by atoms with Crippen molar-refractivity contribution in [3.8, 4) is 0 Å². The van der Waals surface area contributed by atoms with Crippen LogP contribution in [0.1, 0.15) is 47.9 Å². The Balaban J connectivity index is 2.90. The highest BCUT2D eigenvalue weighted by molar-refractivity contribution is 5.94. The maximum atomic E-state index is 11.3. The number of Topliss-reactive ketones (excluding diaryl/α,β-unsaturated/α-hetero) is 1. The number of aryl methyl sites for hydroxylation is 1. The van der Waals surface area contributed by atoms with E-state index in [1.807, 2.05) is 0 Å². The van der Waals surface area contributed by atoms with E-state index in [1.54, 1.807) is 26.0 Å². The molecule has 0 amide bonds. The molecule has 2 atom stereocenters. The first kappa shape index (κ1) is 16.3. The Morgan fingerprint density at radius 2 is 1.95 bits per heavy atom. The topological polar surface area (TPSA) is 83.8 Å². The van der Waals surface area contributed by atoms with Crippen LogP contribution in [0, 0.1) is 6.92 Å². The zero-order valence-corrected chi connectivity index (χ0v) is 11.9. The van der Waals surface area contributed by atoms with Gasteiger partial charge in [0.25, 0.3) is 0 Å². The monoisotopic (exact) mass is 280 g/mol. The zero-order chi connectivity index (χ0) is 15.3. The molecule has 0 aliphatic carbocycles. The van der Waals surface area contributed by atoms with Crippen LogP contribution in [-0.2, 0) is 9.53 Å². The van der Waals surface area contributed by atoms with Crippen molar-refractivity contribution in [1.29, 1.82) is 0 Å². The molecule has 110 valence electrons. The molecule has 1 rings (SSSR count). The van der Waals surface area contributed by atoms with Crippen LogP contribution in [0.4, 0.5) is 0 Å². The fraction of sp³-hybridized carbons (Fsp3) is 0.467. The van der Waals surface area contributed by atoms with Crippen molar-refractivity contribution < 1.29 is 24.5 Å². The normalized spacial score (nSPS) is 13.7. The Kier molecular flexibility index (Phi) is 5.85. The summed E-state index contributed by atoms with van der Waals surface area (Å²) in [4.78, 5) is 22.6. The van der Waals surface area contributed by atoms with Gasteiger partial charge in [0.15, 0.2) is 5.78 Å². The third kappa shape index (κ3) is 4.15. The summed E-state index contributed by atoms with van der Waals surface area (Å²) in [5, 5.41) is 20.0. The van der Waals surface area contributed by atoms with Crippen LogP contribution in [0.5, 0.6) is 0 Å². The van der Waals surface area contributed by atoms with Crippen LogP contribution in [0.15, 0.2) is 18.2 Å². The maximum absolute atomic E-state index is 11.3. The highest BCUT2D eigenvalue weighted by atomic mass is 16.5. The Morgan fingerprint density at radius 1 is 1.30 bits per heavy atom. The lowest BCUT2D eigenvalue weighted by Crippen LogP contribution is -2.24. The van der Waals surface area contributed by atoms with E-state index in [2.05, 4.69) is 0 Å². The third-order valence-corrected chi connectivity index (χ3v) is 3.05. The van der Waals surface area contributed by atoms with Crippen LogP contribution in [-0.4, -0.2) is 34.7 Å². The molecule has 0 aliphatic heterocycles. The molecule has 0 saturated carbocycles. The Labute approximate surface area is 118 Å². The van der Waals surface area contributed by atoms with Gasteiger partial charge < -0.3 is 14.9 Å². The van der Waals surface area contributed by atoms with Gasteiger partial charge in [-0.15, -0.1) is 0 Å². The van der Waals surface area contributed by atoms with E-state index in [-0.39, 0.29) is 18.8 Å². The van der Waals surface area contributed by atoms with Crippen molar-refractivity contribution >= 4 is 11.8 Å². The molecule has 0 heterocycles. The van der Waals surface area contributed by atoms with Gasteiger partial charge in [0.05, 0.1) is 19.1 Å². The second-order valence-corrected chi connectivity index (χ2v) is 4.65. The largest absolute Gasteiger partial charge is 0.466 e. The standard InChI is InChI=1S/C15H20O5/c1-4-20-14(18)8-13(17)15(19)12-7-11(10(3)16)6-5-9(12)2/h5-7,13,15,17,19H,4,8H2,1-3H3. The van der Waals surface area contributed by atoms with Gasteiger partial charge in [-0.3, -0.25) is 9.59 Å². The smallest absolute Gasteiger partial charge is 0.308 e. The molecular formula is C15H20O5. The second-order valence-electron chi connectivity index (χ2n) is 4.65. The van der Waals surface area contributed by atoms with Crippen LogP contribution in [0.3, 0.4) is 0 Å². The molecule has 0 aliphatic rings. The van der Waals surface area contributed by atoms with E-state index >= 15 is 0 Å². The highest BCUT2D eigenvalue weighted by Crippen LogP contribution is 2.24. The zero-order valence-electron chi connectivity index (χ0n) is 11.9. The first-order valence-electron chi connectivity index (χ1n) is 6.50. The summed E-state index contributed by atoms with van der Waals surface area (Å²) in [6.07, 6.45) is -2.80. The number of aliphatic hydroxyl groups excluding tert-OH is 2. The average Bonchev–Trinajstić information content (AvgIpc) is 2.38. The summed E-state index contributed by atoms with van der Waals surface area (Å²) in [5.41, 5.74) is 1.63. The first-order chi connectivity index (χ1) is 9.36. The van der Waals surface area contributed by atoms with Crippen molar-refractivity contribution in [3.63, 3.8) is 0 Å². The third-order valence-electron chi connectivity index (χ3n) is 3.05. The lowest BCUT2D eigenvalue weighted by atomic mass is 9.95. The fourth-order valence-electron chi connectivity index (χ4n) is 1.89. The minimum Gasteiger partial charge on any atom is -0.466 e. The second kappa shape index (κ2) is 7.17. The molecule has 2 unspecified atom stereocenters. The fourth-order valence-corrected chi connectivity index (χ4v) is 1.89. The SMILES string of the molecule is CCOC(=O)CC(O)C(O)c1cc(C(C)=O)ccc1C. The quantitative estimate of drug-likeness (QED) is 0.610. The van der Waals surface area contributed by atoms with E-state index in [0.29, 0.717) is 11.1 Å². The van der Waals surface area contributed by atoms with Gasteiger partial charge in [0, 0.05) is 5.56 Å². The molecule has 0 spiro atoms. The number of aliphatic hydroxyl groups is 2. The molecular weight excluding hydrogens is 260 g/mol. The Bertz CT molecular complexity index is 495. The van der Waals surface area contributed by atoms with Gasteiger partial charge in [-0.05, 0) is 38.0 Å². The van der Waals surface area contributed by atoms with Crippen LogP contribution < -0.4 is 0 Å². The minimum absolute atomic E-state index is 0.127. The number of rotatable bonds is 6. The first-order valence-corrected chi connectivity index (χ1v) is 6.50. The van der Waals surface area contributed by atoms with Crippen LogP contribution in [0.2, 0.25) is 0 Å². The summed E-state index contributed by atoms with van der Waals surface area (Å²) in [5.74, 6) is -0.697. The van der Waals surface area contributed by atoms with Crippen molar-refractivity contribution in [2.45, 2.75) is 39.4 Å². The number of ether oxygens (including phenoxy) is 1. The highest BCUT2D eigenvalue weighted by Gasteiger charge is 2.24. The summed E-state index contributed by atoms with van der Waals surface area (Å²) >= 11 is 0. The van der Waals surface area contributed by atoms with Crippen LogP contribution >= 0.6 is 0 Å². The number of hydrogen-bond donors (Lipinski definition) is 2. The van der Waals surface area contributed by atoms with Crippen molar-refractivity contribution in [1.82, 2.24) is 0 Å². The molecule has 20 heavy (non-hydrogen) atoms. The van der Waals surface area contributed by atoms with E-state index in [4.69, 9.17) is 4.74 Å². The summed E-state index contributed by atoms with van der Waals surface area (Å²) in [7, 11) is 0. The summed E-state index contributed by atoms with van der Waals surface area (Å²) in [6.45, 7) is 5.08. The van der Waals surface area contributed by atoms with Crippen molar-refractivity contribution in [3.05, 3.63) is 34.9 Å². The van der Waals surface area contributed by atoms with Gasteiger partial charge in [-0.1, -0.05) is 12.1 Å². The lowest BCUT2D eigenvalue weighted by Gasteiger charge is -2.19. The van der Waals surface area contributed by atoms with Crippen molar-refractivity contribution in [2.75, 3.05) is 6.61 Å². The molecule has 2 N–H and O–H groups in total. The molecule has 0 fully saturated rings. The lowest BCUT2D eigenvalue weighted by molar-refractivity contribution is -0.147. The molecule has 0 saturated heterocycles. The van der Waals surface area contributed by atoms with Gasteiger partial charge >= 0.3 is 5.97 Å². The molecule has 5 heteroatoms. The Hall–Kier alpha value is -1.72. The Morgan fingerprint density at radius 3 is 2.50 bits per heavy atom. The minimum atomic E-state index is -1.27. The maximum Gasteiger partial charge on any atom is 0.308 e. The molecule has 1 aromatic carbocycles. The van der Waals surface area contributed by atoms with Gasteiger partial charge in [0.2, 0.25) is 0 Å². The van der Waals surface area contributed by atoms with Gasteiger partial charge in [-0.2, -0.15) is 0 Å². The number of ketones is 1. The van der Waals surface area contributed by atoms with E-state index in [9.17, 15) is 19.8 Å². The van der Waals surface area contributed by atoms with E-state index < -0.39 is 18.2 Å². The predicted molar refractivity (Wildman–Crippen MR) is 73.4 cm³/mol. The van der Waals surface area contributed by atoms with Crippen molar-refractivity contribution in [2.24, 2.45) is 0 Å². The molecule has 0 bridgehead atoms. The van der Waals surface area contributed by atoms with Crippen LogP contribution in [0.25, 0.3) is 0 Å². The molecule has 0 radical (unpaired) electrons. The van der Waals surface area contributed by atoms with Gasteiger partial charge in [0.1, 0.15) is 6.10 Å². The number of carbonyl (C=O) groups excluding carboxylic acids is 2. The number of hydrogen-bond acceptors (Lipinski definition) is 5. The number of carbonyl (C=O) groups is 2. The van der Waals surface area contributed by atoms with E-state index in [1.165, 1.54) is 13.0 Å². The number of benzene rings is 1. The molecule has 0 aromatic heterocycles. The summed E-state index contributed by atoms with van der Waals surface area (Å²) < 4.78 is 4.73. The molecule has 1 aromatic rings. The predicted octanol–water partition coefficient (Wildman–Crippen LogP) is 1.55. The average molecular weight is 280 g/mol. The molecule has 5 nitrogen and oxygen atoms in total. The summed E-state index contributed by atoms with van der Waals surface area (Å²) in [6, 6.07) is 4.90. The number of esters is 1. The van der Waals surface area contributed by atoms with E-state index in [0.717, 1.165) is 5.56 Å². The van der Waals surface area contributed by atoms with Gasteiger partial charge in [-0.25, -0.2) is 0 Å².